The molecule has 2 aliphatic rings. The number of carbonyl (C=O) groups excluding carboxylic acids is 1. The van der Waals surface area contributed by atoms with Crippen molar-refractivity contribution in [3.05, 3.63) is 52.1 Å². The van der Waals surface area contributed by atoms with Gasteiger partial charge in [0.15, 0.2) is 0 Å². The highest BCUT2D eigenvalue weighted by molar-refractivity contribution is 5.92. The number of piperazine rings is 1. The van der Waals surface area contributed by atoms with Crippen LogP contribution < -0.4 is 20.7 Å². The summed E-state index contributed by atoms with van der Waals surface area (Å²) in [7, 11) is 1.61. The molecule has 2 N–H and O–H groups in total. The van der Waals surface area contributed by atoms with E-state index in [9.17, 15) is 9.59 Å². The number of aryl methyl sites for hydroxylation is 1. The molecule has 1 atom stereocenters. The van der Waals surface area contributed by atoms with Crippen LogP contribution in [0.1, 0.15) is 29.4 Å². The molecular formula is C22H30N6O2. The summed E-state index contributed by atoms with van der Waals surface area (Å²) in [6.07, 6.45) is 3.65. The van der Waals surface area contributed by atoms with Gasteiger partial charge in [0, 0.05) is 57.9 Å². The molecule has 2 saturated heterocycles. The summed E-state index contributed by atoms with van der Waals surface area (Å²) in [6.45, 7) is 7.81. The molecular weight excluding hydrogens is 380 g/mol. The Morgan fingerprint density at radius 3 is 2.57 bits per heavy atom. The predicted octanol–water partition coefficient (Wildman–Crippen LogP) is 1.09. The summed E-state index contributed by atoms with van der Waals surface area (Å²) < 4.78 is 0. The van der Waals surface area contributed by atoms with Crippen LogP contribution in [0.15, 0.2) is 35.3 Å². The smallest absolute Gasteiger partial charge is 0.269 e. The number of hydrogen-bond donors (Lipinski definition) is 2. The SMILES string of the molecule is CCc1ccc(N2CCC(N3CCN(c4ccc(C(=O)NC)nc4)CC3)C2)[nH]c1=O. The van der Waals surface area contributed by atoms with Crippen LogP contribution in [0.25, 0.3) is 0 Å². The Kier molecular flexibility index (Phi) is 6.03. The van der Waals surface area contributed by atoms with Gasteiger partial charge in [-0.25, -0.2) is 4.98 Å². The number of pyridine rings is 2. The fourth-order valence-corrected chi connectivity index (χ4v) is 4.40. The second-order valence-electron chi connectivity index (χ2n) is 7.94. The molecule has 2 aliphatic heterocycles. The molecule has 0 aromatic carbocycles. The fraction of sp³-hybridized carbons (Fsp3) is 0.500. The van der Waals surface area contributed by atoms with Crippen molar-refractivity contribution in [2.24, 2.45) is 0 Å². The molecule has 0 spiro atoms. The third-order valence-electron chi connectivity index (χ3n) is 6.26. The van der Waals surface area contributed by atoms with Gasteiger partial charge >= 0.3 is 0 Å². The molecule has 8 nitrogen and oxygen atoms in total. The molecule has 1 amide bonds. The molecule has 0 saturated carbocycles. The molecule has 4 heterocycles. The number of amides is 1. The van der Waals surface area contributed by atoms with Crippen LogP contribution in [0.2, 0.25) is 0 Å². The molecule has 0 radical (unpaired) electrons. The zero-order valence-corrected chi connectivity index (χ0v) is 17.7. The number of nitrogens with zero attached hydrogens (tertiary/aromatic N) is 4. The van der Waals surface area contributed by atoms with E-state index in [2.05, 4.69) is 30.0 Å². The molecule has 8 heteroatoms. The largest absolute Gasteiger partial charge is 0.368 e. The van der Waals surface area contributed by atoms with Crippen LogP contribution in [0.4, 0.5) is 11.5 Å². The Bertz CT molecular complexity index is 933. The minimum atomic E-state index is -0.164. The highest BCUT2D eigenvalue weighted by Gasteiger charge is 2.30. The first-order chi connectivity index (χ1) is 14.6. The van der Waals surface area contributed by atoms with Crippen molar-refractivity contribution >= 4 is 17.4 Å². The molecule has 30 heavy (non-hydrogen) atoms. The highest BCUT2D eigenvalue weighted by Crippen LogP contribution is 2.23. The lowest BCUT2D eigenvalue weighted by Gasteiger charge is -2.39. The van der Waals surface area contributed by atoms with E-state index in [-0.39, 0.29) is 11.5 Å². The van der Waals surface area contributed by atoms with Crippen molar-refractivity contribution in [1.29, 1.82) is 0 Å². The normalized spacial score (nSPS) is 19.9. The third kappa shape index (κ3) is 4.18. The summed E-state index contributed by atoms with van der Waals surface area (Å²) in [6, 6.07) is 8.25. The second-order valence-corrected chi connectivity index (χ2v) is 7.94. The molecule has 0 bridgehead atoms. The summed E-state index contributed by atoms with van der Waals surface area (Å²) in [4.78, 5) is 38.3. The molecule has 160 valence electrons. The van der Waals surface area contributed by atoms with E-state index >= 15 is 0 Å². The van der Waals surface area contributed by atoms with Gasteiger partial charge in [0.05, 0.1) is 11.9 Å². The van der Waals surface area contributed by atoms with Crippen molar-refractivity contribution < 1.29 is 4.79 Å². The summed E-state index contributed by atoms with van der Waals surface area (Å²) in [5.41, 5.74) is 2.37. The van der Waals surface area contributed by atoms with Crippen LogP contribution in [0, 0.1) is 0 Å². The number of anilines is 2. The number of H-pyrrole nitrogens is 1. The number of hydrogen-bond acceptors (Lipinski definition) is 6. The van der Waals surface area contributed by atoms with Crippen LogP contribution >= 0.6 is 0 Å². The first-order valence-electron chi connectivity index (χ1n) is 10.7. The average molecular weight is 411 g/mol. The summed E-state index contributed by atoms with van der Waals surface area (Å²) in [5.74, 6) is 0.767. The Balaban J connectivity index is 1.32. The maximum absolute atomic E-state index is 12.1. The Morgan fingerprint density at radius 2 is 1.93 bits per heavy atom. The van der Waals surface area contributed by atoms with Crippen molar-refractivity contribution in [3.8, 4) is 0 Å². The van der Waals surface area contributed by atoms with Crippen LogP contribution in [0.3, 0.4) is 0 Å². The fourth-order valence-electron chi connectivity index (χ4n) is 4.40. The second kappa shape index (κ2) is 8.87. The third-order valence-corrected chi connectivity index (χ3v) is 6.26. The van der Waals surface area contributed by atoms with E-state index in [1.54, 1.807) is 19.3 Å². The maximum atomic E-state index is 12.1. The zero-order chi connectivity index (χ0) is 21.1. The van der Waals surface area contributed by atoms with E-state index in [0.717, 1.165) is 69.2 Å². The van der Waals surface area contributed by atoms with Gasteiger partial charge in [-0.3, -0.25) is 14.5 Å². The van der Waals surface area contributed by atoms with E-state index in [4.69, 9.17) is 0 Å². The van der Waals surface area contributed by atoms with E-state index < -0.39 is 0 Å². The van der Waals surface area contributed by atoms with Gasteiger partial charge < -0.3 is 20.1 Å². The minimum Gasteiger partial charge on any atom is -0.368 e. The Hall–Kier alpha value is -2.87. The van der Waals surface area contributed by atoms with Gasteiger partial charge in [0.1, 0.15) is 11.5 Å². The quantitative estimate of drug-likeness (QED) is 0.768. The first-order valence-corrected chi connectivity index (χ1v) is 10.7. The Labute approximate surface area is 176 Å². The minimum absolute atomic E-state index is 0.0307. The van der Waals surface area contributed by atoms with Gasteiger partial charge in [-0.1, -0.05) is 6.92 Å². The lowest BCUT2D eigenvalue weighted by molar-refractivity contribution is 0.0958. The lowest BCUT2D eigenvalue weighted by Crippen LogP contribution is -2.51. The topological polar surface area (TPSA) is 84.6 Å². The zero-order valence-electron chi connectivity index (χ0n) is 17.7. The number of aromatic nitrogens is 2. The standard InChI is InChI=1S/C22H30N6O2/c1-3-16-4-7-20(25-21(16)29)28-9-8-18(15-28)27-12-10-26(11-13-27)17-5-6-19(24-14-17)22(30)23-2/h4-7,14,18H,3,8-13,15H2,1-2H3,(H,23,30)(H,25,29). The van der Waals surface area contributed by atoms with Crippen LogP contribution in [0.5, 0.6) is 0 Å². The van der Waals surface area contributed by atoms with Crippen molar-refractivity contribution in [2.75, 3.05) is 56.1 Å². The van der Waals surface area contributed by atoms with E-state index in [1.165, 1.54) is 0 Å². The van der Waals surface area contributed by atoms with Crippen LogP contribution in [-0.4, -0.2) is 73.1 Å². The van der Waals surface area contributed by atoms with Crippen molar-refractivity contribution in [1.82, 2.24) is 20.2 Å². The average Bonchev–Trinajstić information content (AvgIpc) is 3.29. The highest BCUT2D eigenvalue weighted by atomic mass is 16.1. The number of nitrogens with one attached hydrogen (secondary N) is 2. The van der Waals surface area contributed by atoms with Gasteiger partial charge in [-0.15, -0.1) is 0 Å². The molecule has 2 fully saturated rings. The number of carbonyl (C=O) groups is 1. The number of aromatic amines is 1. The predicted molar refractivity (Wildman–Crippen MR) is 118 cm³/mol. The summed E-state index contributed by atoms with van der Waals surface area (Å²) >= 11 is 0. The summed E-state index contributed by atoms with van der Waals surface area (Å²) in [5, 5.41) is 2.60. The van der Waals surface area contributed by atoms with Crippen LogP contribution in [-0.2, 0) is 6.42 Å². The van der Waals surface area contributed by atoms with Gasteiger partial charge in [-0.2, -0.15) is 0 Å². The van der Waals surface area contributed by atoms with E-state index in [1.807, 2.05) is 25.1 Å². The first kappa shape index (κ1) is 20.4. The molecule has 1 unspecified atom stereocenters. The van der Waals surface area contributed by atoms with Gasteiger partial charge in [-0.05, 0) is 37.1 Å². The van der Waals surface area contributed by atoms with E-state index in [0.29, 0.717) is 11.7 Å². The maximum Gasteiger partial charge on any atom is 0.269 e. The number of rotatable bonds is 5. The molecule has 2 aromatic rings. The van der Waals surface area contributed by atoms with Crippen molar-refractivity contribution in [3.63, 3.8) is 0 Å². The van der Waals surface area contributed by atoms with Gasteiger partial charge in [0.25, 0.3) is 11.5 Å². The van der Waals surface area contributed by atoms with Crippen molar-refractivity contribution in [2.45, 2.75) is 25.8 Å². The van der Waals surface area contributed by atoms with Gasteiger partial charge in [0.2, 0.25) is 0 Å². The monoisotopic (exact) mass is 410 g/mol. The molecule has 4 rings (SSSR count). The lowest BCUT2D eigenvalue weighted by atomic mass is 10.2. The molecule has 0 aliphatic carbocycles. The Morgan fingerprint density at radius 1 is 1.13 bits per heavy atom. The molecule has 2 aromatic heterocycles.